The molecule has 20 heavy (non-hydrogen) atoms. The van der Waals surface area contributed by atoms with Crippen molar-refractivity contribution in [2.24, 2.45) is 5.73 Å². The summed E-state index contributed by atoms with van der Waals surface area (Å²) in [6.45, 7) is 0.0583. The molecule has 3 nitrogen and oxygen atoms in total. The number of hydrogen-bond acceptors (Lipinski definition) is 2. The smallest absolute Gasteiger partial charge is 0.131 e. The first kappa shape index (κ1) is 14.0. The predicted molar refractivity (Wildman–Crippen MR) is 75.9 cm³/mol. The van der Waals surface area contributed by atoms with Crippen LogP contribution in [-0.4, -0.2) is 12.9 Å². The Morgan fingerprint density at radius 2 is 1.70 bits per heavy atom. The molecular formula is C15H15F2N3. The minimum absolute atomic E-state index is 0.00615. The second-order valence-corrected chi connectivity index (χ2v) is 4.49. The molecule has 5 heteroatoms. The fourth-order valence-corrected chi connectivity index (χ4v) is 2.04. The van der Waals surface area contributed by atoms with Crippen LogP contribution in [0.3, 0.4) is 0 Å². The van der Waals surface area contributed by atoms with E-state index in [-0.39, 0.29) is 17.9 Å². The van der Waals surface area contributed by atoms with Gasteiger partial charge in [0.1, 0.15) is 17.5 Å². The molecule has 0 spiro atoms. The van der Waals surface area contributed by atoms with Crippen molar-refractivity contribution in [1.29, 1.82) is 5.41 Å². The molecule has 0 radical (unpaired) electrons. The molecular weight excluding hydrogens is 260 g/mol. The van der Waals surface area contributed by atoms with Crippen molar-refractivity contribution in [3.05, 3.63) is 65.2 Å². The van der Waals surface area contributed by atoms with E-state index in [0.717, 1.165) is 0 Å². The summed E-state index contributed by atoms with van der Waals surface area (Å²) < 4.78 is 27.3. The quantitative estimate of drug-likeness (QED) is 0.666. The molecule has 104 valence electrons. The molecule has 0 fully saturated rings. The van der Waals surface area contributed by atoms with Crippen molar-refractivity contribution in [3.63, 3.8) is 0 Å². The zero-order valence-electron chi connectivity index (χ0n) is 11.0. The maximum atomic E-state index is 13.7. The van der Waals surface area contributed by atoms with Gasteiger partial charge < -0.3 is 10.6 Å². The molecule has 0 aliphatic rings. The van der Waals surface area contributed by atoms with Crippen molar-refractivity contribution >= 4 is 11.5 Å². The van der Waals surface area contributed by atoms with Gasteiger partial charge >= 0.3 is 0 Å². The summed E-state index contributed by atoms with van der Waals surface area (Å²) in [5.74, 6) is -1.25. The number of halogens is 2. The van der Waals surface area contributed by atoms with E-state index >= 15 is 0 Å². The van der Waals surface area contributed by atoms with Crippen LogP contribution in [0.2, 0.25) is 0 Å². The van der Waals surface area contributed by atoms with Gasteiger partial charge in [0.25, 0.3) is 0 Å². The van der Waals surface area contributed by atoms with Crippen LogP contribution in [0.25, 0.3) is 0 Å². The number of nitrogens with zero attached hydrogens (tertiary/aromatic N) is 1. The van der Waals surface area contributed by atoms with Gasteiger partial charge in [0.15, 0.2) is 0 Å². The summed E-state index contributed by atoms with van der Waals surface area (Å²) in [5.41, 5.74) is 6.70. The number of nitrogen functional groups attached to an aromatic ring is 1. The molecule has 0 saturated carbocycles. The molecule has 0 saturated heterocycles. The Morgan fingerprint density at radius 3 is 2.30 bits per heavy atom. The lowest BCUT2D eigenvalue weighted by atomic mass is 10.1. The molecule has 2 aromatic carbocycles. The van der Waals surface area contributed by atoms with Crippen LogP contribution in [0, 0.1) is 17.0 Å². The first-order chi connectivity index (χ1) is 9.50. The predicted octanol–water partition coefficient (Wildman–Crippen LogP) is 2.89. The van der Waals surface area contributed by atoms with E-state index in [0.29, 0.717) is 11.3 Å². The van der Waals surface area contributed by atoms with Crippen molar-refractivity contribution in [2.45, 2.75) is 6.54 Å². The Morgan fingerprint density at radius 1 is 1.10 bits per heavy atom. The van der Waals surface area contributed by atoms with Crippen LogP contribution >= 0.6 is 0 Å². The van der Waals surface area contributed by atoms with Crippen LogP contribution in [0.15, 0.2) is 42.5 Å². The third-order valence-electron chi connectivity index (χ3n) is 3.06. The van der Waals surface area contributed by atoms with Gasteiger partial charge in [-0.3, -0.25) is 5.41 Å². The van der Waals surface area contributed by atoms with Crippen molar-refractivity contribution in [1.82, 2.24) is 0 Å². The average Bonchev–Trinajstić information content (AvgIpc) is 2.43. The zero-order valence-corrected chi connectivity index (χ0v) is 11.0. The second-order valence-electron chi connectivity index (χ2n) is 4.49. The fraction of sp³-hybridized carbons (Fsp3) is 0.133. The van der Waals surface area contributed by atoms with Gasteiger partial charge in [-0.05, 0) is 24.3 Å². The first-order valence-corrected chi connectivity index (χ1v) is 6.08. The van der Waals surface area contributed by atoms with Crippen molar-refractivity contribution in [2.75, 3.05) is 11.9 Å². The first-order valence-electron chi connectivity index (χ1n) is 6.08. The van der Waals surface area contributed by atoms with Crippen molar-refractivity contribution in [3.8, 4) is 0 Å². The maximum Gasteiger partial charge on any atom is 0.131 e. The van der Waals surface area contributed by atoms with Crippen molar-refractivity contribution < 1.29 is 8.78 Å². The highest BCUT2D eigenvalue weighted by molar-refractivity contribution is 6.00. The Hall–Kier alpha value is -2.43. The molecule has 0 aliphatic carbocycles. The van der Waals surface area contributed by atoms with E-state index in [1.54, 1.807) is 36.2 Å². The SMILES string of the molecule is CN(Cc1c(F)cccc1F)c1ccccc1C(=N)N. The molecule has 0 unspecified atom stereocenters. The Bertz CT molecular complexity index is 621. The third-order valence-corrected chi connectivity index (χ3v) is 3.06. The molecule has 3 N–H and O–H groups in total. The summed E-state index contributed by atoms with van der Waals surface area (Å²) in [7, 11) is 1.70. The van der Waals surface area contributed by atoms with Crippen LogP contribution in [0.5, 0.6) is 0 Å². The highest BCUT2D eigenvalue weighted by atomic mass is 19.1. The summed E-state index contributed by atoms with van der Waals surface area (Å²) in [5, 5.41) is 7.54. The van der Waals surface area contributed by atoms with E-state index < -0.39 is 11.6 Å². The van der Waals surface area contributed by atoms with Gasteiger partial charge in [0.05, 0.1) is 0 Å². The van der Waals surface area contributed by atoms with E-state index in [1.165, 1.54) is 18.2 Å². The number of rotatable bonds is 4. The van der Waals surface area contributed by atoms with Crippen LogP contribution in [0.1, 0.15) is 11.1 Å². The Kier molecular flexibility index (Phi) is 3.98. The lowest BCUT2D eigenvalue weighted by Crippen LogP contribution is -2.23. The lowest BCUT2D eigenvalue weighted by molar-refractivity contribution is 0.553. The largest absolute Gasteiger partial charge is 0.384 e. The highest BCUT2D eigenvalue weighted by Gasteiger charge is 2.14. The monoisotopic (exact) mass is 275 g/mol. The molecule has 0 heterocycles. The number of para-hydroxylation sites is 1. The van der Waals surface area contributed by atoms with Gasteiger partial charge in [0.2, 0.25) is 0 Å². The minimum Gasteiger partial charge on any atom is -0.384 e. The van der Waals surface area contributed by atoms with E-state index in [2.05, 4.69) is 0 Å². The average molecular weight is 275 g/mol. The van der Waals surface area contributed by atoms with Gasteiger partial charge in [0, 0.05) is 30.4 Å². The van der Waals surface area contributed by atoms with Crippen LogP contribution in [-0.2, 0) is 6.54 Å². The zero-order chi connectivity index (χ0) is 14.7. The van der Waals surface area contributed by atoms with Gasteiger partial charge in [-0.15, -0.1) is 0 Å². The molecule has 0 aromatic heterocycles. The van der Waals surface area contributed by atoms with E-state index in [1.807, 2.05) is 0 Å². The van der Waals surface area contributed by atoms with E-state index in [9.17, 15) is 8.78 Å². The summed E-state index contributed by atoms with van der Waals surface area (Å²) in [6.07, 6.45) is 0. The Labute approximate surface area is 116 Å². The van der Waals surface area contributed by atoms with Gasteiger partial charge in [-0.2, -0.15) is 0 Å². The number of hydrogen-bond donors (Lipinski definition) is 2. The number of nitrogens with two attached hydrogens (primary N) is 1. The normalized spacial score (nSPS) is 10.3. The Balaban J connectivity index is 2.34. The third kappa shape index (κ3) is 2.77. The highest BCUT2D eigenvalue weighted by Crippen LogP contribution is 2.22. The molecule has 0 atom stereocenters. The lowest BCUT2D eigenvalue weighted by Gasteiger charge is -2.22. The second kappa shape index (κ2) is 5.69. The molecule has 2 aromatic rings. The number of benzene rings is 2. The maximum absolute atomic E-state index is 13.7. The van der Waals surface area contributed by atoms with Crippen LogP contribution < -0.4 is 10.6 Å². The number of anilines is 1. The minimum atomic E-state index is -0.586. The summed E-state index contributed by atoms with van der Waals surface area (Å²) >= 11 is 0. The number of amidine groups is 1. The number of nitrogens with one attached hydrogen (secondary N) is 1. The molecule has 0 bridgehead atoms. The van der Waals surface area contributed by atoms with Crippen LogP contribution in [0.4, 0.5) is 14.5 Å². The summed E-state index contributed by atoms with van der Waals surface area (Å²) in [6, 6.07) is 10.8. The van der Waals surface area contributed by atoms with Gasteiger partial charge in [-0.1, -0.05) is 18.2 Å². The fourth-order valence-electron chi connectivity index (χ4n) is 2.04. The topological polar surface area (TPSA) is 53.1 Å². The molecule has 0 amide bonds. The molecule has 2 rings (SSSR count). The summed E-state index contributed by atoms with van der Waals surface area (Å²) in [4.78, 5) is 1.66. The van der Waals surface area contributed by atoms with E-state index in [4.69, 9.17) is 11.1 Å². The van der Waals surface area contributed by atoms with Gasteiger partial charge in [-0.25, -0.2) is 8.78 Å². The molecule has 0 aliphatic heterocycles. The standard InChI is InChI=1S/C15H15F2N3/c1-20(9-11-12(16)6-4-7-13(11)17)14-8-3-2-5-10(14)15(18)19/h2-8H,9H2,1H3,(H3,18,19).